The van der Waals surface area contributed by atoms with Crippen molar-refractivity contribution in [2.24, 2.45) is 23.7 Å². The molecule has 0 aliphatic heterocycles. The molecule has 1 saturated carbocycles. The maximum absolute atomic E-state index is 12.8. The SMILES string of the molecule is BCC[C@@H]1CC[C@@H](CNC(=O)[C@@H](NC(=O)OC(C)(C)C)[C@@H](C)CC)[C@@H](C(=O)O)C1. The van der Waals surface area contributed by atoms with E-state index in [4.69, 9.17) is 4.74 Å². The number of carboxylic acid groups (broad SMARTS) is 1. The van der Waals surface area contributed by atoms with Crippen LogP contribution in [0.3, 0.4) is 0 Å². The number of carboxylic acids is 1. The fourth-order valence-electron chi connectivity index (χ4n) is 4.02. The Hall–Kier alpha value is -1.73. The average molecular weight is 410 g/mol. The van der Waals surface area contributed by atoms with Gasteiger partial charge in [0.25, 0.3) is 0 Å². The molecule has 0 heterocycles. The standard InChI is InChI=1S/C21H39BN2O5/c1-6-13(2)17(24-20(28)29-21(3,4)5)18(25)23-12-15-8-7-14(9-10-22)11-16(15)19(26)27/h13-17H,6-12,22H2,1-5H3,(H,23,25)(H,24,28)(H,26,27)/t13-,14-,15-,16-,17-/m0/s1. The Bertz CT molecular complexity index is 564. The fraction of sp³-hybridized carbons (Fsp3) is 0.857. The first kappa shape index (κ1) is 25.3. The molecule has 1 aliphatic carbocycles. The van der Waals surface area contributed by atoms with Crippen LogP contribution in [-0.4, -0.2) is 49.1 Å². The van der Waals surface area contributed by atoms with Gasteiger partial charge in [0.1, 0.15) is 19.5 Å². The van der Waals surface area contributed by atoms with E-state index in [2.05, 4.69) is 18.5 Å². The number of hydrogen-bond acceptors (Lipinski definition) is 4. The lowest BCUT2D eigenvalue weighted by atomic mass is 9.71. The van der Waals surface area contributed by atoms with Gasteiger partial charge >= 0.3 is 12.1 Å². The summed E-state index contributed by atoms with van der Waals surface area (Å²) in [4.78, 5) is 36.7. The van der Waals surface area contributed by atoms with E-state index in [1.807, 2.05) is 13.8 Å². The molecule has 0 unspecified atom stereocenters. The van der Waals surface area contributed by atoms with E-state index in [1.165, 1.54) is 0 Å². The van der Waals surface area contributed by atoms with E-state index in [-0.39, 0.29) is 17.7 Å². The number of hydrogen-bond donors (Lipinski definition) is 3. The van der Waals surface area contributed by atoms with Crippen LogP contribution in [0.5, 0.6) is 0 Å². The topological polar surface area (TPSA) is 105 Å². The van der Waals surface area contributed by atoms with E-state index in [9.17, 15) is 19.5 Å². The Kier molecular flexibility index (Phi) is 10.0. The van der Waals surface area contributed by atoms with E-state index in [0.29, 0.717) is 25.3 Å². The molecule has 0 aromatic carbocycles. The van der Waals surface area contributed by atoms with Crippen molar-refractivity contribution in [3.05, 3.63) is 0 Å². The van der Waals surface area contributed by atoms with Crippen molar-refractivity contribution in [2.45, 2.75) is 84.7 Å². The Morgan fingerprint density at radius 2 is 1.90 bits per heavy atom. The van der Waals surface area contributed by atoms with Crippen LogP contribution < -0.4 is 10.6 Å². The second-order valence-electron chi connectivity index (χ2n) is 9.43. The summed E-state index contributed by atoms with van der Waals surface area (Å²) in [5, 5.41) is 15.2. The van der Waals surface area contributed by atoms with Gasteiger partial charge in [0, 0.05) is 6.54 Å². The molecule has 2 amide bonds. The van der Waals surface area contributed by atoms with Crippen molar-refractivity contribution >= 4 is 25.8 Å². The molecule has 29 heavy (non-hydrogen) atoms. The maximum atomic E-state index is 12.8. The number of carbonyl (C=O) groups is 3. The van der Waals surface area contributed by atoms with Crippen LogP contribution in [0.15, 0.2) is 0 Å². The number of amides is 2. The van der Waals surface area contributed by atoms with Gasteiger partial charge in [-0.2, -0.15) is 0 Å². The summed E-state index contributed by atoms with van der Waals surface area (Å²) in [5.41, 5.74) is -0.646. The molecule has 5 atom stereocenters. The average Bonchev–Trinajstić information content (AvgIpc) is 2.62. The molecule has 0 spiro atoms. The summed E-state index contributed by atoms with van der Waals surface area (Å²) < 4.78 is 5.28. The van der Waals surface area contributed by atoms with Crippen LogP contribution >= 0.6 is 0 Å². The third kappa shape index (κ3) is 8.66. The Balaban J connectivity index is 2.71. The van der Waals surface area contributed by atoms with Crippen LogP contribution in [0, 0.1) is 23.7 Å². The first-order valence-corrected chi connectivity index (χ1v) is 11.0. The number of rotatable bonds is 9. The molecular weight excluding hydrogens is 371 g/mol. The molecule has 1 fully saturated rings. The molecule has 1 rings (SSSR count). The third-order valence-electron chi connectivity index (χ3n) is 5.82. The summed E-state index contributed by atoms with van der Waals surface area (Å²) in [6.45, 7) is 9.48. The van der Waals surface area contributed by atoms with Gasteiger partial charge in [0.05, 0.1) is 5.92 Å². The molecular formula is C21H39BN2O5. The van der Waals surface area contributed by atoms with E-state index in [1.54, 1.807) is 20.8 Å². The fourth-order valence-corrected chi connectivity index (χ4v) is 4.02. The first-order chi connectivity index (χ1) is 13.5. The lowest BCUT2D eigenvalue weighted by Gasteiger charge is -2.34. The summed E-state index contributed by atoms with van der Waals surface area (Å²) in [6.07, 6.45) is 4.69. The third-order valence-corrected chi connectivity index (χ3v) is 5.82. The van der Waals surface area contributed by atoms with Crippen molar-refractivity contribution in [1.29, 1.82) is 0 Å². The van der Waals surface area contributed by atoms with Gasteiger partial charge in [-0.1, -0.05) is 39.4 Å². The molecule has 0 radical (unpaired) electrons. The zero-order valence-electron chi connectivity index (χ0n) is 18.9. The number of carbonyl (C=O) groups excluding carboxylic acids is 2. The van der Waals surface area contributed by atoms with Gasteiger partial charge in [0.15, 0.2) is 0 Å². The zero-order valence-corrected chi connectivity index (χ0v) is 18.9. The number of alkyl carbamates (subject to hydrolysis) is 1. The summed E-state index contributed by atoms with van der Waals surface area (Å²) in [5.74, 6) is -1.20. The summed E-state index contributed by atoms with van der Waals surface area (Å²) in [6, 6.07) is -0.713. The normalized spacial score (nSPS) is 24.2. The predicted molar refractivity (Wildman–Crippen MR) is 116 cm³/mol. The zero-order chi connectivity index (χ0) is 22.2. The second kappa shape index (κ2) is 11.5. The molecule has 1 aliphatic rings. The Morgan fingerprint density at radius 1 is 1.24 bits per heavy atom. The Labute approximate surface area is 176 Å². The minimum Gasteiger partial charge on any atom is -0.481 e. The van der Waals surface area contributed by atoms with Crippen LogP contribution in [0.1, 0.15) is 66.7 Å². The molecule has 3 N–H and O–H groups in total. The van der Waals surface area contributed by atoms with Gasteiger partial charge in [0.2, 0.25) is 5.91 Å². The smallest absolute Gasteiger partial charge is 0.408 e. The number of ether oxygens (including phenoxy) is 1. The minimum absolute atomic E-state index is 0.0712. The van der Waals surface area contributed by atoms with Crippen molar-refractivity contribution in [2.75, 3.05) is 6.54 Å². The predicted octanol–water partition coefficient (Wildman–Crippen LogP) is 2.60. The van der Waals surface area contributed by atoms with Crippen molar-refractivity contribution in [3.63, 3.8) is 0 Å². The first-order valence-electron chi connectivity index (χ1n) is 11.0. The highest BCUT2D eigenvalue weighted by atomic mass is 16.6. The van der Waals surface area contributed by atoms with Crippen molar-refractivity contribution in [1.82, 2.24) is 10.6 Å². The van der Waals surface area contributed by atoms with Crippen LogP contribution in [0.25, 0.3) is 0 Å². The maximum Gasteiger partial charge on any atom is 0.408 e. The Morgan fingerprint density at radius 3 is 2.41 bits per heavy atom. The molecule has 0 bridgehead atoms. The lowest BCUT2D eigenvalue weighted by molar-refractivity contribution is -0.146. The largest absolute Gasteiger partial charge is 0.481 e. The second-order valence-corrected chi connectivity index (χ2v) is 9.43. The summed E-state index contributed by atoms with van der Waals surface area (Å²) in [7, 11) is 2.12. The van der Waals surface area contributed by atoms with E-state index < -0.39 is 29.6 Å². The van der Waals surface area contributed by atoms with E-state index >= 15 is 0 Å². The molecule has 0 aromatic rings. The van der Waals surface area contributed by atoms with Gasteiger partial charge in [-0.15, -0.1) is 0 Å². The quantitative estimate of drug-likeness (QED) is 0.507. The van der Waals surface area contributed by atoms with Gasteiger partial charge in [-0.05, 0) is 51.4 Å². The molecule has 8 heteroatoms. The molecule has 0 aromatic heterocycles. The van der Waals surface area contributed by atoms with Crippen LogP contribution in [0.4, 0.5) is 4.79 Å². The molecule has 0 saturated heterocycles. The molecule has 7 nitrogen and oxygen atoms in total. The molecule has 166 valence electrons. The van der Waals surface area contributed by atoms with Gasteiger partial charge in [-0.25, -0.2) is 4.79 Å². The number of nitrogens with one attached hydrogen (secondary N) is 2. The van der Waals surface area contributed by atoms with Crippen molar-refractivity contribution in [3.8, 4) is 0 Å². The van der Waals surface area contributed by atoms with E-state index in [0.717, 1.165) is 25.6 Å². The highest BCUT2D eigenvalue weighted by Crippen LogP contribution is 2.36. The van der Waals surface area contributed by atoms with Crippen LogP contribution in [-0.2, 0) is 14.3 Å². The highest BCUT2D eigenvalue weighted by molar-refractivity contribution is 6.08. The van der Waals surface area contributed by atoms with Crippen LogP contribution in [0.2, 0.25) is 6.32 Å². The van der Waals surface area contributed by atoms with Gasteiger partial charge < -0.3 is 20.5 Å². The highest BCUT2D eigenvalue weighted by Gasteiger charge is 2.36. The minimum atomic E-state index is -0.782. The number of aliphatic carboxylic acids is 1. The summed E-state index contributed by atoms with van der Waals surface area (Å²) >= 11 is 0. The van der Waals surface area contributed by atoms with Gasteiger partial charge in [-0.3, -0.25) is 9.59 Å². The van der Waals surface area contributed by atoms with Crippen molar-refractivity contribution < 1.29 is 24.2 Å². The monoisotopic (exact) mass is 410 g/mol. The lowest BCUT2D eigenvalue weighted by Crippen LogP contribution is -2.52.